The largest absolute Gasteiger partial charge is 0.443 e. The van der Waals surface area contributed by atoms with Crippen molar-refractivity contribution in [2.75, 3.05) is 6.54 Å². The van der Waals surface area contributed by atoms with E-state index in [-0.39, 0.29) is 34.7 Å². The van der Waals surface area contributed by atoms with Gasteiger partial charge in [-0.15, -0.1) is 11.3 Å². The van der Waals surface area contributed by atoms with Gasteiger partial charge in [-0.3, -0.25) is 14.4 Å². The summed E-state index contributed by atoms with van der Waals surface area (Å²) < 4.78 is 37.8. The number of ketones is 1. The van der Waals surface area contributed by atoms with Crippen LogP contribution < -0.4 is 10.6 Å². The van der Waals surface area contributed by atoms with Gasteiger partial charge < -0.3 is 10.6 Å². The van der Waals surface area contributed by atoms with E-state index in [1.165, 1.54) is 6.92 Å². The smallest absolute Gasteiger partial charge is 0.350 e. The number of Topliss-reactive ketones (excluding diaryl/α,β-unsaturated/α-hetero) is 1. The second-order valence-corrected chi connectivity index (χ2v) is 6.13. The summed E-state index contributed by atoms with van der Waals surface area (Å²) in [6, 6.07) is -0.480. The number of aromatic nitrogens is 1. The number of nitrogens with one attached hydrogen (secondary N) is 2. The molecular weight excluding hydrogens is 347 g/mol. The van der Waals surface area contributed by atoms with Crippen LogP contribution in [0.1, 0.15) is 47.1 Å². The lowest BCUT2D eigenvalue weighted by Gasteiger charge is -2.12. The minimum absolute atomic E-state index is 0.00424. The molecule has 24 heavy (non-hydrogen) atoms. The van der Waals surface area contributed by atoms with Gasteiger partial charge in [-0.2, -0.15) is 13.2 Å². The Balaban J connectivity index is 2.60. The molecule has 0 aliphatic rings. The Morgan fingerprint density at radius 2 is 1.92 bits per heavy atom. The molecule has 0 saturated carbocycles. The molecule has 1 rings (SSSR count). The van der Waals surface area contributed by atoms with E-state index in [4.69, 9.17) is 0 Å². The van der Waals surface area contributed by atoms with Gasteiger partial charge in [0.15, 0.2) is 5.01 Å². The van der Waals surface area contributed by atoms with Crippen LogP contribution in [0, 0.1) is 6.92 Å². The number of hydrogen-bond acceptors (Lipinski definition) is 5. The Bertz CT molecular complexity index is 629. The Morgan fingerprint density at radius 1 is 1.29 bits per heavy atom. The topological polar surface area (TPSA) is 88.2 Å². The van der Waals surface area contributed by atoms with E-state index in [1.54, 1.807) is 13.8 Å². The molecule has 1 aromatic heterocycles. The molecule has 1 atom stereocenters. The van der Waals surface area contributed by atoms with Crippen molar-refractivity contribution in [1.82, 2.24) is 15.6 Å². The monoisotopic (exact) mass is 365 g/mol. The number of halogens is 3. The fourth-order valence-electron chi connectivity index (χ4n) is 1.81. The zero-order chi connectivity index (χ0) is 18.5. The lowest BCUT2D eigenvalue weighted by Crippen LogP contribution is -2.35. The van der Waals surface area contributed by atoms with Gasteiger partial charge in [-0.1, -0.05) is 0 Å². The van der Waals surface area contributed by atoms with Gasteiger partial charge in [0, 0.05) is 19.0 Å². The van der Waals surface area contributed by atoms with Crippen molar-refractivity contribution in [2.45, 2.75) is 45.8 Å². The average Bonchev–Trinajstić information content (AvgIpc) is 2.87. The zero-order valence-corrected chi connectivity index (χ0v) is 14.2. The van der Waals surface area contributed by atoms with E-state index in [0.29, 0.717) is 6.54 Å². The maximum Gasteiger partial charge on any atom is 0.443 e. The minimum Gasteiger partial charge on any atom is -0.350 e. The van der Waals surface area contributed by atoms with Crippen LogP contribution >= 0.6 is 11.3 Å². The first-order valence-electron chi connectivity index (χ1n) is 7.22. The fraction of sp³-hybridized carbons (Fsp3) is 0.571. The van der Waals surface area contributed by atoms with Crippen molar-refractivity contribution in [3.05, 3.63) is 15.6 Å². The molecule has 0 bridgehead atoms. The van der Waals surface area contributed by atoms with Crippen LogP contribution in [0.15, 0.2) is 0 Å². The number of likely N-dealkylation sites (N-methyl/N-ethyl adjacent to an activating group) is 1. The lowest BCUT2D eigenvalue weighted by atomic mass is 10.1. The third kappa shape index (κ3) is 5.59. The molecule has 2 amide bonds. The van der Waals surface area contributed by atoms with Crippen LogP contribution in [0.5, 0.6) is 0 Å². The van der Waals surface area contributed by atoms with Crippen molar-refractivity contribution in [1.29, 1.82) is 0 Å². The number of alkyl halides is 3. The fourth-order valence-corrected chi connectivity index (χ4v) is 2.65. The van der Waals surface area contributed by atoms with Crippen molar-refractivity contribution in [3.8, 4) is 0 Å². The summed E-state index contributed by atoms with van der Waals surface area (Å²) in [5.41, 5.74) is -0.00424. The number of hydrogen-bond donors (Lipinski definition) is 2. The Kier molecular flexibility index (Phi) is 6.88. The second-order valence-electron chi connectivity index (χ2n) is 5.13. The van der Waals surface area contributed by atoms with Crippen LogP contribution in [0.3, 0.4) is 0 Å². The molecular formula is C14H18F3N3O3S. The predicted octanol–water partition coefficient (Wildman–Crippen LogP) is 2.07. The molecule has 0 fully saturated rings. The molecule has 0 saturated heterocycles. The highest BCUT2D eigenvalue weighted by atomic mass is 32.1. The van der Waals surface area contributed by atoms with Crippen LogP contribution in [-0.4, -0.2) is 35.2 Å². The standard InChI is InChI=1S/C14H18F3N3O3S/c1-4-18-11(22)9(21)6-5-7(2)19-12(23)10-8(3)20-13(24-10)14(15,16)17/h7H,4-6H2,1-3H3,(H,18,22)(H,19,23). The normalized spacial score (nSPS) is 12.6. The summed E-state index contributed by atoms with van der Waals surface area (Å²) in [6.07, 6.45) is -4.47. The highest BCUT2D eigenvalue weighted by molar-refractivity contribution is 7.13. The van der Waals surface area contributed by atoms with E-state index < -0.39 is 34.8 Å². The van der Waals surface area contributed by atoms with Crippen LogP contribution in [0.4, 0.5) is 13.2 Å². The van der Waals surface area contributed by atoms with Gasteiger partial charge in [0.05, 0.1) is 5.69 Å². The van der Waals surface area contributed by atoms with Gasteiger partial charge in [-0.25, -0.2) is 4.98 Å². The summed E-state index contributed by atoms with van der Waals surface area (Å²) in [6.45, 7) is 4.94. The van der Waals surface area contributed by atoms with Gasteiger partial charge in [0.25, 0.3) is 11.8 Å². The van der Waals surface area contributed by atoms with Crippen LogP contribution in [0.25, 0.3) is 0 Å². The number of rotatable bonds is 7. The molecule has 1 aromatic rings. The van der Waals surface area contributed by atoms with Gasteiger partial charge in [-0.05, 0) is 27.2 Å². The summed E-state index contributed by atoms with van der Waals surface area (Å²) >= 11 is 0.273. The summed E-state index contributed by atoms with van der Waals surface area (Å²) in [4.78, 5) is 38.0. The highest BCUT2D eigenvalue weighted by Gasteiger charge is 2.36. The number of carbonyl (C=O) groups excluding carboxylic acids is 3. The van der Waals surface area contributed by atoms with Gasteiger partial charge in [0.2, 0.25) is 5.78 Å². The Labute approximate surface area is 140 Å². The lowest BCUT2D eigenvalue weighted by molar-refractivity contribution is -0.137. The number of nitrogens with zero attached hydrogens (tertiary/aromatic N) is 1. The van der Waals surface area contributed by atoms with E-state index in [1.807, 2.05) is 0 Å². The number of carbonyl (C=O) groups is 3. The molecule has 0 aliphatic heterocycles. The molecule has 0 aliphatic carbocycles. The maximum atomic E-state index is 12.6. The summed E-state index contributed by atoms with van der Waals surface area (Å²) in [5, 5.41) is 3.80. The summed E-state index contributed by atoms with van der Waals surface area (Å²) in [5.74, 6) is -1.98. The molecule has 0 radical (unpaired) electrons. The molecule has 0 spiro atoms. The third-order valence-corrected chi connectivity index (χ3v) is 4.22. The SMILES string of the molecule is CCNC(=O)C(=O)CCC(C)NC(=O)c1sc(C(F)(F)F)nc1C. The maximum absolute atomic E-state index is 12.6. The molecule has 2 N–H and O–H groups in total. The van der Waals surface area contributed by atoms with Crippen molar-refractivity contribution >= 4 is 28.9 Å². The minimum atomic E-state index is -4.60. The van der Waals surface area contributed by atoms with Gasteiger partial charge in [0.1, 0.15) is 4.88 Å². The highest BCUT2D eigenvalue weighted by Crippen LogP contribution is 2.34. The van der Waals surface area contributed by atoms with E-state index in [2.05, 4.69) is 15.6 Å². The first-order chi connectivity index (χ1) is 11.1. The van der Waals surface area contributed by atoms with E-state index >= 15 is 0 Å². The van der Waals surface area contributed by atoms with E-state index in [9.17, 15) is 27.6 Å². The predicted molar refractivity (Wildman–Crippen MR) is 81.7 cm³/mol. The average molecular weight is 365 g/mol. The third-order valence-electron chi connectivity index (χ3n) is 3.02. The first kappa shape index (κ1) is 20.1. The Hall–Kier alpha value is -1.97. The first-order valence-corrected chi connectivity index (χ1v) is 8.04. The van der Waals surface area contributed by atoms with E-state index in [0.717, 1.165) is 0 Å². The second kappa shape index (κ2) is 8.22. The molecule has 134 valence electrons. The Morgan fingerprint density at radius 3 is 2.42 bits per heavy atom. The number of thiazole rings is 1. The number of aryl methyl sites for hydroxylation is 1. The zero-order valence-electron chi connectivity index (χ0n) is 13.4. The van der Waals surface area contributed by atoms with Crippen molar-refractivity contribution in [3.63, 3.8) is 0 Å². The molecule has 1 heterocycles. The van der Waals surface area contributed by atoms with Crippen LogP contribution in [-0.2, 0) is 15.8 Å². The summed E-state index contributed by atoms with van der Waals surface area (Å²) in [7, 11) is 0. The number of amides is 2. The molecule has 10 heteroatoms. The van der Waals surface area contributed by atoms with Crippen molar-refractivity contribution < 1.29 is 27.6 Å². The van der Waals surface area contributed by atoms with Crippen molar-refractivity contribution in [2.24, 2.45) is 0 Å². The van der Waals surface area contributed by atoms with Gasteiger partial charge >= 0.3 is 6.18 Å². The molecule has 1 unspecified atom stereocenters. The molecule has 6 nitrogen and oxygen atoms in total. The van der Waals surface area contributed by atoms with Crippen LogP contribution in [0.2, 0.25) is 0 Å². The molecule has 0 aromatic carbocycles. The quantitative estimate of drug-likeness (QED) is 0.724.